The number of amides is 2. The molecule has 120 valence electrons. The molecule has 1 aromatic rings. The quantitative estimate of drug-likeness (QED) is 0.589. The van der Waals surface area contributed by atoms with Crippen molar-refractivity contribution in [2.24, 2.45) is 0 Å². The van der Waals surface area contributed by atoms with Gasteiger partial charge in [0.15, 0.2) is 0 Å². The van der Waals surface area contributed by atoms with Gasteiger partial charge < -0.3 is 15.5 Å². The van der Waals surface area contributed by atoms with E-state index >= 15 is 0 Å². The van der Waals surface area contributed by atoms with Crippen molar-refractivity contribution >= 4 is 18.1 Å². The predicted octanol–water partition coefficient (Wildman–Crippen LogP) is 1.33. The standard InChI is InChI=1S/C16H24N4O2/c21-13-17-8-5-9-18-16(22)14-6-7-15(19-12-14)20-10-3-1-2-4-11-20/h6-7,12-13H,1-5,8-11H2,(H,17,21)(H,18,22). The molecular weight excluding hydrogens is 280 g/mol. The van der Waals surface area contributed by atoms with Crippen LogP contribution in [0.4, 0.5) is 5.82 Å². The van der Waals surface area contributed by atoms with Crippen LogP contribution in [0.25, 0.3) is 0 Å². The molecule has 0 saturated carbocycles. The minimum Gasteiger partial charge on any atom is -0.359 e. The van der Waals surface area contributed by atoms with E-state index in [1.807, 2.05) is 12.1 Å². The van der Waals surface area contributed by atoms with E-state index in [0.29, 0.717) is 31.5 Å². The van der Waals surface area contributed by atoms with E-state index in [1.165, 1.54) is 25.7 Å². The Hall–Kier alpha value is -2.11. The molecule has 2 N–H and O–H groups in total. The molecule has 0 aromatic carbocycles. The summed E-state index contributed by atoms with van der Waals surface area (Å²) >= 11 is 0. The van der Waals surface area contributed by atoms with Crippen LogP contribution < -0.4 is 15.5 Å². The number of carbonyl (C=O) groups excluding carboxylic acids is 2. The second-order valence-electron chi connectivity index (χ2n) is 5.49. The number of hydrogen-bond acceptors (Lipinski definition) is 4. The van der Waals surface area contributed by atoms with Crippen LogP contribution in [0.3, 0.4) is 0 Å². The third-order valence-corrected chi connectivity index (χ3v) is 3.81. The van der Waals surface area contributed by atoms with Crippen LogP contribution in [0, 0.1) is 0 Å². The first-order valence-electron chi connectivity index (χ1n) is 7.97. The van der Waals surface area contributed by atoms with Gasteiger partial charge in [-0.2, -0.15) is 0 Å². The minimum absolute atomic E-state index is 0.124. The molecule has 22 heavy (non-hydrogen) atoms. The Labute approximate surface area is 131 Å². The highest BCUT2D eigenvalue weighted by Gasteiger charge is 2.12. The molecule has 1 aliphatic heterocycles. The second kappa shape index (κ2) is 9.02. The van der Waals surface area contributed by atoms with Crippen molar-refractivity contribution in [3.05, 3.63) is 23.9 Å². The van der Waals surface area contributed by atoms with Gasteiger partial charge in [0.05, 0.1) is 5.56 Å². The maximum Gasteiger partial charge on any atom is 0.252 e. The predicted molar refractivity (Wildman–Crippen MR) is 85.9 cm³/mol. The highest BCUT2D eigenvalue weighted by molar-refractivity contribution is 5.94. The van der Waals surface area contributed by atoms with Gasteiger partial charge in [-0.05, 0) is 31.4 Å². The van der Waals surface area contributed by atoms with Crippen molar-refractivity contribution in [3.8, 4) is 0 Å². The average molecular weight is 304 g/mol. The van der Waals surface area contributed by atoms with Crippen LogP contribution in [-0.4, -0.2) is 43.5 Å². The highest BCUT2D eigenvalue weighted by atomic mass is 16.1. The van der Waals surface area contributed by atoms with Crippen molar-refractivity contribution in [2.45, 2.75) is 32.1 Å². The summed E-state index contributed by atoms with van der Waals surface area (Å²) in [6, 6.07) is 3.75. The van der Waals surface area contributed by atoms with Crippen LogP contribution >= 0.6 is 0 Å². The fourth-order valence-electron chi connectivity index (χ4n) is 2.56. The third-order valence-electron chi connectivity index (χ3n) is 3.81. The smallest absolute Gasteiger partial charge is 0.252 e. The molecule has 6 heteroatoms. The van der Waals surface area contributed by atoms with Gasteiger partial charge in [0.25, 0.3) is 5.91 Å². The Balaban J connectivity index is 1.82. The summed E-state index contributed by atoms with van der Waals surface area (Å²) in [5.41, 5.74) is 0.571. The summed E-state index contributed by atoms with van der Waals surface area (Å²) in [4.78, 5) is 28.8. The number of anilines is 1. The first kappa shape index (κ1) is 16.3. The number of aromatic nitrogens is 1. The Bertz CT molecular complexity index is 468. The highest BCUT2D eigenvalue weighted by Crippen LogP contribution is 2.17. The van der Waals surface area contributed by atoms with Crippen molar-refractivity contribution in [1.29, 1.82) is 0 Å². The third kappa shape index (κ3) is 5.02. The van der Waals surface area contributed by atoms with Crippen molar-refractivity contribution < 1.29 is 9.59 Å². The number of nitrogens with one attached hydrogen (secondary N) is 2. The molecule has 2 rings (SSSR count). The molecule has 0 bridgehead atoms. The maximum atomic E-state index is 12.0. The Morgan fingerprint density at radius 1 is 1.18 bits per heavy atom. The Morgan fingerprint density at radius 2 is 1.95 bits per heavy atom. The van der Waals surface area contributed by atoms with E-state index in [-0.39, 0.29) is 5.91 Å². The molecular formula is C16H24N4O2. The lowest BCUT2D eigenvalue weighted by Crippen LogP contribution is -2.28. The summed E-state index contributed by atoms with van der Waals surface area (Å²) in [6.07, 6.45) is 8.00. The molecule has 1 fully saturated rings. The van der Waals surface area contributed by atoms with Gasteiger partial charge in [-0.3, -0.25) is 9.59 Å². The van der Waals surface area contributed by atoms with E-state index in [9.17, 15) is 9.59 Å². The van der Waals surface area contributed by atoms with Crippen LogP contribution in [-0.2, 0) is 4.79 Å². The summed E-state index contributed by atoms with van der Waals surface area (Å²) in [7, 11) is 0. The number of rotatable bonds is 7. The molecule has 6 nitrogen and oxygen atoms in total. The summed E-state index contributed by atoms with van der Waals surface area (Å²) in [6.45, 7) is 3.19. The van der Waals surface area contributed by atoms with E-state index in [0.717, 1.165) is 18.9 Å². The molecule has 2 amide bonds. The summed E-state index contributed by atoms with van der Waals surface area (Å²) in [5.74, 6) is 0.828. The van der Waals surface area contributed by atoms with Gasteiger partial charge in [-0.15, -0.1) is 0 Å². The fourth-order valence-corrected chi connectivity index (χ4v) is 2.56. The van der Waals surface area contributed by atoms with Gasteiger partial charge in [0.1, 0.15) is 5.82 Å². The van der Waals surface area contributed by atoms with E-state index in [4.69, 9.17) is 0 Å². The Morgan fingerprint density at radius 3 is 2.59 bits per heavy atom. The van der Waals surface area contributed by atoms with Gasteiger partial charge in [0, 0.05) is 32.4 Å². The maximum absolute atomic E-state index is 12.0. The molecule has 0 radical (unpaired) electrons. The lowest BCUT2D eigenvalue weighted by atomic mass is 10.2. The number of hydrogen-bond donors (Lipinski definition) is 2. The van der Waals surface area contributed by atoms with E-state index < -0.39 is 0 Å². The second-order valence-corrected chi connectivity index (χ2v) is 5.49. The zero-order valence-electron chi connectivity index (χ0n) is 12.9. The normalized spacial score (nSPS) is 15.0. The number of pyridine rings is 1. The van der Waals surface area contributed by atoms with Crippen molar-refractivity contribution in [3.63, 3.8) is 0 Å². The van der Waals surface area contributed by atoms with E-state index in [2.05, 4.69) is 20.5 Å². The van der Waals surface area contributed by atoms with Gasteiger partial charge in [-0.1, -0.05) is 12.8 Å². The molecule has 0 atom stereocenters. The molecule has 0 spiro atoms. The van der Waals surface area contributed by atoms with Gasteiger partial charge >= 0.3 is 0 Å². The van der Waals surface area contributed by atoms with Crippen LogP contribution in [0.2, 0.25) is 0 Å². The molecule has 2 heterocycles. The summed E-state index contributed by atoms with van der Waals surface area (Å²) in [5, 5.41) is 5.38. The van der Waals surface area contributed by atoms with Gasteiger partial charge in [-0.25, -0.2) is 4.98 Å². The largest absolute Gasteiger partial charge is 0.359 e. The molecule has 0 aliphatic carbocycles. The lowest BCUT2D eigenvalue weighted by molar-refractivity contribution is -0.109. The molecule has 1 aliphatic rings. The van der Waals surface area contributed by atoms with Gasteiger partial charge in [0.2, 0.25) is 6.41 Å². The fraction of sp³-hybridized carbons (Fsp3) is 0.562. The summed E-state index contributed by atoms with van der Waals surface area (Å²) < 4.78 is 0. The van der Waals surface area contributed by atoms with Crippen LogP contribution in [0.5, 0.6) is 0 Å². The zero-order chi connectivity index (χ0) is 15.6. The topological polar surface area (TPSA) is 74.3 Å². The Kier molecular flexibility index (Phi) is 6.67. The number of nitrogens with zero attached hydrogens (tertiary/aromatic N) is 2. The van der Waals surface area contributed by atoms with Crippen molar-refractivity contribution in [1.82, 2.24) is 15.6 Å². The molecule has 0 unspecified atom stereocenters. The molecule has 1 aromatic heterocycles. The average Bonchev–Trinajstić information content (AvgIpc) is 2.84. The number of carbonyl (C=O) groups is 2. The van der Waals surface area contributed by atoms with Crippen molar-refractivity contribution in [2.75, 3.05) is 31.1 Å². The lowest BCUT2D eigenvalue weighted by Gasteiger charge is -2.21. The van der Waals surface area contributed by atoms with Crippen LogP contribution in [0.15, 0.2) is 18.3 Å². The first-order chi connectivity index (χ1) is 10.8. The minimum atomic E-state index is -0.124. The van der Waals surface area contributed by atoms with Crippen LogP contribution in [0.1, 0.15) is 42.5 Å². The molecule has 1 saturated heterocycles. The van der Waals surface area contributed by atoms with E-state index in [1.54, 1.807) is 6.20 Å². The monoisotopic (exact) mass is 304 g/mol. The first-order valence-corrected chi connectivity index (χ1v) is 7.97. The SMILES string of the molecule is O=CNCCCNC(=O)c1ccc(N2CCCCCC2)nc1. The zero-order valence-corrected chi connectivity index (χ0v) is 12.9.